The number of halogens is 3. The monoisotopic (exact) mass is 315 g/mol. The van der Waals surface area contributed by atoms with Gasteiger partial charge in [0, 0.05) is 11.1 Å². The van der Waals surface area contributed by atoms with Gasteiger partial charge in [-0.2, -0.15) is 0 Å². The second-order valence-corrected chi connectivity index (χ2v) is 5.66. The topological polar surface area (TPSA) is 25.2 Å². The third kappa shape index (κ3) is 3.35. The molecule has 2 unspecified atom stereocenters. The molecule has 0 fully saturated rings. The quantitative estimate of drug-likeness (QED) is 0.759. The first-order valence-electron chi connectivity index (χ1n) is 6.35. The van der Waals surface area contributed by atoms with Crippen molar-refractivity contribution >= 4 is 23.2 Å². The molecule has 0 aliphatic carbocycles. The molecule has 5 heteroatoms. The zero-order valence-electron chi connectivity index (χ0n) is 11.5. The van der Waals surface area contributed by atoms with E-state index in [4.69, 9.17) is 27.6 Å². The Balaban J connectivity index is 2.16. The standard InChI is InChI=1S/C15H16Cl2FNO/c1-8-4-5-15(20-8)10(3)19-9(2)11-6-14(18)13(17)7-12(11)16/h4-7,9-10,19H,1-3H3. The van der Waals surface area contributed by atoms with Gasteiger partial charge in [-0.05, 0) is 50.6 Å². The van der Waals surface area contributed by atoms with Gasteiger partial charge < -0.3 is 9.73 Å². The van der Waals surface area contributed by atoms with Crippen molar-refractivity contribution in [2.24, 2.45) is 0 Å². The molecule has 0 saturated carbocycles. The first-order chi connectivity index (χ1) is 9.38. The van der Waals surface area contributed by atoms with Crippen LogP contribution in [0.2, 0.25) is 10.0 Å². The molecule has 2 atom stereocenters. The summed E-state index contributed by atoms with van der Waals surface area (Å²) in [5, 5.41) is 3.80. The van der Waals surface area contributed by atoms with Crippen LogP contribution in [0.25, 0.3) is 0 Å². The fourth-order valence-corrected chi connectivity index (χ4v) is 2.65. The lowest BCUT2D eigenvalue weighted by Gasteiger charge is -2.20. The van der Waals surface area contributed by atoms with Crippen LogP contribution in [-0.4, -0.2) is 0 Å². The van der Waals surface area contributed by atoms with Crippen molar-refractivity contribution in [2.45, 2.75) is 32.9 Å². The minimum Gasteiger partial charge on any atom is -0.465 e. The SMILES string of the molecule is Cc1ccc(C(C)NC(C)c2cc(F)c(Cl)cc2Cl)o1. The zero-order valence-corrected chi connectivity index (χ0v) is 13.0. The van der Waals surface area contributed by atoms with Gasteiger partial charge in [-0.15, -0.1) is 0 Å². The van der Waals surface area contributed by atoms with E-state index in [0.717, 1.165) is 11.5 Å². The van der Waals surface area contributed by atoms with Crippen LogP contribution in [-0.2, 0) is 0 Å². The van der Waals surface area contributed by atoms with Gasteiger partial charge in [0.2, 0.25) is 0 Å². The van der Waals surface area contributed by atoms with E-state index in [-0.39, 0.29) is 17.1 Å². The number of benzene rings is 1. The second kappa shape index (κ2) is 6.17. The Hall–Kier alpha value is -1.03. The molecule has 2 nitrogen and oxygen atoms in total. The van der Waals surface area contributed by atoms with Gasteiger partial charge >= 0.3 is 0 Å². The average molecular weight is 316 g/mol. The van der Waals surface area contributed by atoms with E-state index in [9.17, 15) is 4.39 Å². The molecule has 1 N–H and O–H groups in total. The molecule has 0 aliphatic heterocycles. The van der Waals surface area contributed by atoms with E-state index in [1.807, 2.05) is 32.9 Å². The number of furan rings is 1. The number of nitrogens with one attached hydrogen (secondary N) is 1. The van der Waals surface area contributed by atoms with Gasteiger partial charge in [0.05, 0.1) is 11.1 Å². The maximum absolute atomic E-state index is 13.5. The number of hydrogen-bond donors (Lipinski definition) is 1. The third-order valence-corrected chi connectivity index (χ3v) is 3.81. The maximum Gasteiger partial charge on any atom is 0.142 e. The third-order valence-electron chi connectivity index (χ3n) is 3.19. The van der Waals surface area contributed by atoms with E-state index in [0.29, 0.717) is 10.6 Å². The van der Waals surface area contributed by atoms with Crippen LogP contribution >= 0.6 is 23.2 Å². The summed E-state index contributed by atoms with van der Waals surface area (Å²) in [5.41, 5.74) is 0.670. The fraction of sp³-hybridized carbons (Fsp3) is 0.333. The van der Waals surface area contributed by atoms with Gasteiger partial charge in [0.1, 0.15) is 17.3 Å². The maximum atomic E-state index is 13.5. The van der Waals surface area contributed by atoms with E-state index in [2.05, 4.69) is 5.32 Å². The van der Waals surface area contributed by atoms with Crippen LogP contribution in [0, 0.1) is 12.7 Å². The van der Waals surface area contributed by atoms with Gasteiger partial charge in [-0.1, -0.05) is 23.2 Å². The lowest BCUT2D eigenvalue weighted by molar-refractivity contribution is 0.392. The summed E-state index contributed by atoms with van der Waals surface area (Å²) >= 11 is 11.8. The highest BCUT2D eigenvalue weighted by molar-refractivity contribution is 6.35. The normalized spacial score (nSPS) is 14.3. The predicted octanol–water partition coefficient (Wildman–Crippen LogP) is 5.45. The summed E-state index contributed by atoms with van der Waals surface area (Å²) in [6, 6.07) is 6.48. The summed E-state index contributed by atoms with van der Waals surface area (Å²) in [6.45, 7) is 5.79. The highest BCUT2D eigenvalue weighted by Gasteiger charge is 2.17. The molecule has 0 saturated heterocycles. The van der Waals surface area contributed by atoms with Crippen molar-refractivity contribution in [3.05, 3.63) is 57.2 Å². The Morgan fingerprint density at radius 3 is 2.40 bits per heavy atom. The van der Waals surface area contributed by atoms with Crippen LogP contribution < -0.4 is 5.32 Å². The molecule has 108 valence electrons. The number of hydrogen-bond acceptors (Lipinski definition) is 2. The van der Waals surface area contributed by atoms with Crippen molar-refractivity contribution < 1.29 is 8.81 Å². The highest BCUT2D eigenvalue weighted by atomic mass is 35.5. The first kappa shape index (κ1) is 15.4. The van der Waals surface area contributed by atoms with E-state index in [1.54, 1.807) is 0 Å². The van der Waals surface area contributed by atoms with Crippen molar-refractivity contribution in [3.8, 4) is 0 Å². The fourth-order valence-electron chi connectivity index (χ4n) is 2.10. The van der Waals surface area contributed by atoms with Crippen LogP contribution in [0.1, 0.15) is 43.0 Å². The molecule has 0 spiro atoms. The molecule has 1 aromatic carbocycles. The van der Waals surface area contributed by atoms with E-state index in [1.165, 1.54) is 12.1 Å². The van der Waals surface area contributed by atoms with Crippen molar-refractivity contribution in [3.63, 3.8) is 0 Å². The minimum atomic E-state index is -0.471. The molecule has 0 amide bonds. The van der Waals surface area contributed by atoms with Crippen molar-refractivity contribution in [2.75, 3.05) is 0 Å². The Kier molecular flexibility index (Phi) is 4.74. The molecular formula is C15H16Cl2FNO. The molecule has 0 radical (unpaired) electrons. The summed E-state index contributed by atoms with van der Waals surface area (Å²) < 4.78 is 19.1. The van der Waals surface area contributed by atoms with Gasteiger partial charge in [-0.3, -0.25) is 0 Å². The van der Waals surface area contributed by atoms with E-state index < -0.39 is 5.82 Å². The Bertz CT molecular complexity index is 612. The van der Waals surface area contributed by atoms with Crippen molar-refractivity contribution in [1.82, 2.24) is 5.32 Å². The second-order valence-electron chi connectivity index (χ2n) is 4.85. The lowest BCUT2D eigenvalue weighted by atomic mass is 10.1. The Morgan fingerprint density at radius 2 is 1.80 bits per heavy atom. The van der Waals surface area contributed by atoms with Crippen LogP contribution in [0.3, 0.4) is 0 Å². The van der Waals surface area contributed by atoms with E-state index >= 15 is 0 Å². The molecule has 20 heavy (non-hydrogen) atoms. The molecule has 2 aromatic rings. The average Bonchev–Trinajstić information content (AvgIpc) is 2.80. The van der Waals surface area contributed by atoms with Crippen LogP contribution in [0.15, 0.2) is 28.7 Å². The molecule has 1 heterocycles. The predicted molar refractivity (Wildman–Crippen MR) is 79.8 cm³/mol. The number of aryl methyl sites for hydroxylation is 1. The van der Waals surface area contributed by atoms with Gasteiger partial charge in [-0.25, -0.2) is 4.39 Å². The van der Waals surface area contributed by atoms with Gasteiger partial charge in [0.15, 0.2) is 0 Å². The smallest absolute Gasteiger partial charge is 0.142 e. The Labute approximate surface area is 127 Å². The zero-order chi connectivity index (χ0) is 14.9. The minimum absolute atomic E-state index is 0.00601. The molecule has 0 bridgehead atoms. The summed E-state index contributed by atoms with van der Waals surface area (Å²) in [5.74, 6) is 1.22. The van der Waals surface area contributed by atoms with Gasteiger partial charge in [0.25, 0.3) is 0 Å². The number of rotatable bonds is 4. The summed E-state index contributed by atoms with van der Waals surface area (Å²) in [4.78, 5) is 0. The van der Waals surface area contributed by atoms with Crippen molar-refractivity contribution in [1.29, 1.82) is 0 Å². The molecule has 1 aromatic heterocycles. The highest BCUT2D eigenvalue weighted by Crippen LogP contribution is 2.30. The summed E-state index contributed by atoms with van der Waals surface area (Å²) in [6.07, 6.45) is 0. The molecule has 2 rings (SSSR count). The molecule has 0 aliphatic rings. The lowest BCUT2D eigenvalue weighted by Crippen LogP contribution is -2.22. The summed E-state index contributed by atoms with van der Waals surface area (Å²) in [7, 11) is 0. The Morgan fingerprint density at radius 1 is 1.10 bits per heavy atom. The van der Waals surface area contributed by atoms with Crippen LogP contribution in [0.5, 0.6) is 0 Å². The van der Waals surface area contributed by atoms with Crippen LogP contribution in [0.4, 0.5) is 4.39 Å². The first-order valence-corrected chi connectivity index (χ1v) is 7.11. The molecular weight excluding hydrogens is 300 g/mol. The largest absolute Gasteiger partial charge is 0.465 e.